The highest BCUT2D eigenvalue weighted by Crippen LogP contribution is 2.59. The van der Waals surface area contributed by atoms with Gasteiger partial charge in [0.1, 0.15) is 0 Å². The van der Waals surface area contributed by atoms with E-state index in [0.29, 0.717) is 5.92 Å². The van der Waals surface area contributed by atoms with Crippen LogP contribution in [0.5, 0.6) is 0 Å². The second kappa shape index (κ2) is 4.00. The topological polar surface area (TPSA) is 37.3 Å². The van der Waals surface area contributed by atoms with Crippen molar-refractivity contribution in [1.82, 2.24) is 0 Å². The summed E-state index contributed by atoms with van der Waals surface area (Å²) in [6, 6.07) is 0. The third-order valence-electron chi connectivity index (χ3n) is 4.13. The summed E-state index contributed by atoms with van der Waals surface area (Å²) in [5.74, 6) is 0.762. The van der Waals surface area contributed by atoms with Crippen LogP contribution in [0.15, 0.2) is 0 Å². The zero-order valence-electron chi connectivity index (χ0n) is 9.53. The van der Waals surface area contributed by atoms with Crippen LogP contribution < -0.4 is 0 Å². The molecule has 3 heteroatoms. The van der Waals surface area contributed by atoms with Crippen molar-refractivity contribution in [1.29, 1.82) is 0 Å². The quantitative estimate of drug-likeness (QED) is 0.803. The average molecular weight is 228 g/mol. The first-order chi connectivity index (χ1) is 7.03. The fourth-order valence-corrected chi connectivity index (χ4v) is 4.61. The molecule has 2 aliphatic rings. The second-order valence-corrected chi connectivity index (χ2v) is 6.82. The summed E-state index contributed by atoms with van der Waals surface area (Å²) in [7, 11) is 0. The van der Waals surface area contributed by atoms with Gasteiger partial charge in [0.05, 0.1) is 5.92 Å². The lowest BCUT2D eigenvalue weighted by Crippen LogP contribution is -2.03. The Morgan fingerprint density at radius 3 is 2.47 bits per heavy atom. The van der Waals surface area contributed by atoms with Crippen LogP contribution in [0.25, 0.3) is 0 Å². The van der Waals surface area contributed by atoms with Crippen LogP contribution in [0.2, 0.25) is 0 Å². The van der Waals surface area contributed by atoms with E-state index in [9.17, 15) is 4.79 Å². The summed E-state index contributed by atoms with van der Waals surface area (Å²) < 4.78 is 0. The van der Waals surface area contributed by atoms with Gasteiger partial charge in [0.2, 0.25) is 0 Å². The minimum atomic E-state index is -0.600. The molecule has 2 nitrogen and oxygen atoms in total. The highest BCUT2D eigenvalue weighted by atomic mass is 32.2. The Morgan fingerprint density at radius 1 is 1.40 bits per heavy atom. The summed E-state index contributed by atoms with van der Waals surface area (Å²) in [6.07, 6.45) is 5.42. The van der Waals surface area contributed by atoms with Crippen molar-refractivity contribution in [3.05, 3.63) is 0 Å². The molecule has 2 rings (SSSR count). The van der Waals surface area contributed by atoms with Crippen molar-refractivity contribution in [2.24, 2.45) is 17.3 Å². The van der Waals surface area contributed by atoms with Crippen molar-refractivity contribution in [2.45, 2.75) is 44.8 Å². The molecule has 0 bridgehead atoms. The van der Waals surface area contributed by atoms with E-state index in [4.69, 9.17) is 5.11 Å². The minimum absolute atomic E-state index is 0.0391. The molecule has 2 saturated carbocycles. The molecule has 0 spiro atoms. The fourth-order valence-electron chi connectivity index (χ4n) is 2.84. The van der Waals surface area contributed by atoms with Crippen molar-refractivity contribution in [3.63, 3.8) is 0 Å². The summed E-state index contributed by atoms with van der Waals surface area (Å²) >= 11 is 2.01. The number of carboxylic acids is 1. The Labute approximate surface area is 95.8 Å². The van der Waals surface area contributed by atoms with Crippen LogP contribution in [-0.4, -0.2) is 22.1 Å². The molecule has 2 aliphatic carbocycles. The van der Waals surface area contributed by atoms with Gasteiger partial charge in [0.15, 0.2) is 0 Å². The van der Waals surface area contributed by atoms with E-state index in [1.54, 1.807) is 0 Å². The number of carbonyl (C=O) groups is 1. The van der Waals surface area contributed by atoms with E-state index in [0.717, 1.165) is 11.0 Å². The van der Waals surface area contributed by atoms with Gasteiger partial charge in [0, 0.05) is 5.25 Å². The fraction of sp³-hybridized carbons (Fsp3) is 0.917. The molecular formula is C12H20O2S. The maximum atomic E-state index is 11.0. The summed E-state index contributed by atoms with van der Waals surface area (Å²) in [5, 5.41) is 9.86. The molecule has 0 heterocycles. The van der Waals surface area contributed by atoms with E-state index >= 15 is 0 Å². The molecule has 2 atom stereocenters. The third kappa shape index (κ3) is 2.17. The maximum absolute atomic E-state index is 11.0. The molecule has 0 unspecified atom stereocenters. The van der Waals surface area contributed by atoms with Crippen molar-refractivity contribution in [3.8, 4) is 0 Å². The van der Waals surface area contributed by atoms with Crippen LogP contribution in [-0.2, 0) is 4.79 Å². The van der Waals surface area contributed by atoms with E-state index in [-0.39, 0.29) is 11.3 Å². The Hall–Kier alpha value is -0.180. The lowest BCUT2D eigenvalue weighted by atomic mass is 10.1. The van der Waals surface area contributed by atoms with E-state index < -0.39 is 5.97 Å². The number of hydrogen-bond acceptors (Lipinski definition) is 2. The second-order valence-electron chi connectivity index (χ2n) is 5.48. The first-order valence-corrected chi connectivity index (χ1v) is 6.92. The molecule has 0 aromatic rings. The van der Waals surface area contributed by atoms with Gasteiger partial charge in [-0.25, -0.2) is 0 Å². The highest BCUT2D eigenvalue weighted by molar-refractivity contribution is 7.99. The van der Waals surface area contributed by atoms with Crippen LogP contribution >= 0.6 is 11.8 Å². The normalized spacial score (nSPS) is 34.3. The van der Waals surface area contributed by atoms with Gasteiger partial charge in [0.25, 0.3) is 0 Å². The van der Waals surface area contributed by atoms with Gasteiger partial charge in [-0.1, -0.05) is 26.7 Å². The average Bonchev–Trinajstić information content (AvgIpc) is 2.55. The van der Waals surface area contributed by atoms with E-state index in [2.05, 4.69) is 13.8 Å². The monoisotopic (exact) mass is 228 g/mol. The number of thioether (sulfide) groups is 1. The van der Waals surface area contributed by atoms with Crippen molar-refractivity contribution >= 4 is 17.7 Å². The Balaban J connectivity index is 1.78. The lowest BCUT2D eigenvalue weighted by molar-refractivity contribution is -0.139. The summed E-state index contributed by atoms with van der Waals surface area (Å²) in [4.78, 5) is 11.0. The number of rotatable bonds is 4. The first kappa shape index (κ1) is 11.3. The number of hydrogen-bond donors (Lipinski definition) is 1. The molecule has 0 saturated heterocycles. The maximum Gasteiger partial charge on any atom is 0.307 e. The van der Waals surface area contributed by atoms with Gasteiger partial charge in [-0.3, -0.25) is 4.79 Å². The molecular weight excluding hydrogens is 208 g/mol. The van der Waals surface area contributed by atoms with Crippen LogP contribution in [0.1, 0.15) is 39.5 Å². The molecule has 86 valence electrons. The molecule has 1 N–H and O–H groups in total. The molecule has 0 amide bonds. The summed E-state index contributed by atoms with van der Waals surface area (Å²) in [6.45, 7) is 4.18. The van der Waals surface area contributed by atoms with Crippen LogP contribution in [0.3, 0.4) is 0 Å². The van der Waals surface area contributed by atoms with Gasteiger partial charge < -0.3 is 5.11 Å². The Bertz CT molecular complexity index is 256. The highest BCUT2D eigenvalue weighted by Gasteiger charge is 2.61. The smallest absolute Gasteiger partial charge is 0.307 e. The molecule has 2 fully saturated rings. The van der Waals surface area contributed by atoms with Gasteiger partial charge in [-0.05, 0) is 29.9 Å². The predicted molar refractivity (Wildman–Crippen MR) is 63.1 cm³/mol. The van der Waals surface area contributed by atoms with E-state index in [1.807, 2.05) is 11.8 Å². The zero-order chi connectivity index (χ0) is 11.1. The third-order valence-corrected chi connectivity index (χ3v) is 5.62. The van der Waals surface area contributed by atoms with Crippen LogP contribution in [0, 0.1) is 17.3 Å². The van der Waals surface area contributed by atoms with Crippen molar-refractivity contribution in [2.75, 3.05) is 5.75 Å². The SMILES string of the molecule is CC1(C)[C@H](C(=O)O)[C@@H]1CSC1CCCC1. The molecule has 0 aromatic carbocycles. The largest absolute Gasteiger partial charge is 0.481 e. The zero-order valence-corrected chi connectivity index (χ0v) is 10.3. The molecule has 15 heavy (non-hydrogen) atoms. The van der Waals surface area contributed by atoms with Crippen LogP contribution in [0.4, 0.5) is 0 Å². The number of carboxylic acid groups (broad SMARTS) is 1. The standard InChI is InChI=1S/C12H20O2S/c1-12(2)9(10(12)11(13)14)7-15-8-5-3-4-6-8/h8-10H,3-7H2,1-2H3,(H,13,14)/t9-,10-/m0/s1. The Kier molecular flexibility index (Phi) is 3.02. The first-order valence-electron chi connectivity index (χ1n) is 5.88. The van der Waals surface area contributed by atoms with Crippen molar-refractivity contribution < 1.29 is 9.90 Å². The Morgan fingerprint density at radius 2 is 2.00 bits per heavy atom. The molecule has 0 aromatic heterocycles. The minimum Gasteiger partial charge on any atom is -0.481 e. The van der Waals surface area contributed by atoms with Gasteiger partial charge >= 0.3 is 5.97 Å². The van der Waals surface area contributed by atoms with Gasteiger partial charge in [-0.2, -0.15) is 11.8 Å². The summed E-state index contributed by atoms with van der Waals surface area (Å²) in [5.41, 5.74) is 0.0391. The molecule has 0 aliphatic heterocycles. The molecule has 0 radical (unpaired) electrons. The predicted octanol–water partition coefficient (Wildman–Crippen LogP) is 3.02. The van der Waals surface area contributed by atoms with Gasteiger partial charge in [-0.15, -0.1) is 0 Å². The van der Waals surface area contributed by atoms with E-state index in [1.165, 1.54) is 25.7 Å². The lowest BCUT2D eigenvalue weighted by Gasteiger charge is -2.08. The number of aliphatic carboxylic acids is 1.